The zero-order chi connectivity index (χ0) is 10.5. The van der Waals surface area contributed by atoms with Crippen molar-refractivity contribution in [1.82, 2.24) is 10.2 Å². The summed E-state index contributed by atoms with van der Waals surface area (Å²) in [4.78, 5) is 3.98. The van der Waals surface area contributed by atoms with Gasteiger partial charge in [0.15, 0.2) is 0 Å². The third-order valence-corrected chi connectivity index (χ3v) is 3.71. The predicted octanol–water partition coefficient (Wildman–Crippen LogP) is 2.32. The van der Waals surface area contributed by atoms with Crippen molar-refractivity contribution >= 4 is 11.3 Å². The van der Waals surface area contributed by atoms with Gasteiger partial charge in [0.05, 0.1) is 0 Å². The zero-order valence-corrected chi connectivity index (χ0v) is 10.2. The Morgan fingerprint density at radius 2 is 2.40 bits per heavy atom. The van der Waals surface area contributed by atoms with Crippen molar-refractivity contribution in [2.24, 2.45) is 0 Å². The van der Waals surface area contributed by atoms with Gasteiger partial charge >= 0.3 is 0 Å². The molecule has 1 saturated carbocycles. The molecule has 1 N–H and O–H groups in total. The third kappa shape index (κ3) is 3.93. The van der Waals surface area contributed by atoms with Crippen LogP contribution in [-0.2, 0) is 6.54 Å². The Morgan fingerprint density at radius 1 is 1.53 bits per heavy atom. The van der Waals surface area contributed by atoms with Crippen LogP contribution >= 0.6 is 11.3 Å². The van der Waals surface area contributed by atoms with Gasteiger partial charge in [-0.25, -0.2) is 0 Å². The van der Waals surface area contributed by atoms with Crippen molar-refractivity contribution in [2.45, 2.75) is 32.4 Å². The molecule has 0 aromatic carbocycles. The summed E-state index contributed by atoms with van der Waals surface area (Å²) in [5.41, 5.74) is 0. The molecule has 0 atom stereocenters. The number of nitrogens with zero attached hydrogens (tertiary/aromatic N) is 1. The molecule has 15 heavy (non-hydrogen) atoms. The lowest BCUT2D eigenvalue weighted by atomic mass is 10.4. The smallest absolute Gasteiger partial charge is 0.0328 e. The molecule has 0 amide bonds. The summed E-state index contributed by atoms with van der Waals surface area (Å²) in [5.74, 6) is 0. The molecule has 2 nitrogen and oxygen atoms in total. The van der Waals surface area contributed by atoms with Gasteiger partial charge in [-0.2, -0.15) is 0 Å². The van der Waals surface area contributed by atoms with Crippen LogP contribution in [-0.4, -0.2) is 30.6 Å². The van der Waals surface area contributed by atoms with Crippen molar-refractivity contribution in [3.63, 3.8) is 0 Å². The maximum Gasteiger partial charge on any atom is 0.0328 e. The third-order valence-electron chi connectivity index (χ3n) is 2.85. The van der Waals surface area contributed by atoms with E-state index in [1.165, 1.54) is 24.3 Å². The minimum atomic E-state index is 0.838. The van der Waals surface area contributed by atoms with E-state index in [2.05, 4.69) is 34.7 Å². The van der Waals surface area contributed by atoms with E-state index >= 15 is 0 Å². The van der Waals surface area contributed by atoms with Crippen LogP contribution in [0.15, 0.2) is 17.5 Å². The second-order valence-electron chi connectivity index (χ2n) is 4.18. The first-order valence-electron chi connectivity index (χ1n) is 5.86. The Bertz CT molecular complexity index is 267. The quantitative estimate of drug-likeness (QED) is 0.764. The standard InChI is InChI=1S/C12H20N2S/c1-2-14(8-7-13-11-5-6-11)10-12-4-3-9-15-12/h3-4,9,11,13H,2,5-8,10H2,1H3. The number of hydrogen-bond donors (Lipinski definition) is 1. The van der Waals surface area contributed by atoms with Gasteiger partial charge in [0.1, 0.15) is 0 Å². The highest BCUT2D eigenvalue weighted by Crippen LogP contribution is 2.18. The predicted molar refractivity (Wildman–Crippen MR) is 66.3 cm³/mol. The summed E-state index contributed by atoms with van der Waals surface area (Å²) in [6.45, 7) is 6.81. The SMILES string of the molecule is CCN(CCNC1CC1)Cc1cccs1. The molecule has 1 aromatic heterocycles. The van der Waals surface area contributed by atoms with Crippen molar-refractivity contribution in [3.05, 3.63) is 22.4 Å². The monoisotopic (exact) mass is 224 g/mol. The van der Waals surface area contributed by atoms with Crippen LogP contribution in [0.1, 0.15) is 24.6 Å². The molecule has 84 valence electrons. The molecule has 0 bridgehead atoms. The Labute approximate surface area is 96.3 Å². The van der Waals surface area contributed by atoms with Gasteiger partial charge in [0, 0.05) is 30.6 Å². The van der Waals surface area contributed by atoms with E-state index in [1.54, 1.807) is 0 Å². The molecule has 1 aliphatic rings. The fraction of sp³-hybridized carbons (Fsp3) is 0.667. The van der Waals surface area contributed by atoms with Gasteiger partial charge in [0.25, 0.3) is 0 Å². The highest BCUT2D eigenvalue weighted by atomic mass is 32.1. The molecule has 2 rings (SSSR count). The lowest BCUT2D eigenvalue weighted by molar-refractivity contribution is 0.281. The maximum atomic E-state index is 3.56. The van der Waals surface area contributed by atoms with Crippen LogP contribution in [0.3, 0.4) is 0 Å². The van der Waals surface area contributed by atoms with E-state index in [9.17, 15) is 0 Å². The van der Waals surface area contributed by atoms with E-state index in [1.807, 2.05) is 11.3 Å². The molecule has 1 aromatic rings. The van der Waals surface area contributed by atoms with Gasteiger partial charge in [0.2, 0.25) is 0 Å². The van der Waals surface area contributed by atoms with Gasteiger partial charge < -0.3 is 5.32 Å². The van der Waals surface area contributed by atoms with Gasteiger partial charge in [-0.3, -0.25) is 4.90 Å². The van der Waals surface area contributed by atoms with E-state index in [0.29, 0.717) is 0 Å². The molecule has 0 radical (unpaired) electrons. The molecule has 1 fully saturated rings. The molecule has 1 heterocycles. The minimum absolute atomic E-state index is 0.838. The summed E-state index contributed by atoms with van der Waals surface area (Å²) in [6, 6.07) is 5.20. The van der Waals surface area contributed by atoms with Crippen molar-refractivity contribution < 1.29 is 0 Å². The van der Waals surface area contributed by atoms with E-state index in [0.717, 1.165) is 25.7 Å². The van der Waals surface area contributed by atoms with Crippen molar-refractivity contribution in [2.75, 3.05) is 19.6 Å². The topological polar surface area (TPSA) is 15.3 Å². The van der Waals surface area contributed by atoms with E-state index in [-0.39, 0.29) is 0 Å². The summed E-state index contributed by atoms with van der Waals surface area (Å²) in [5, 5.41) is 5.72. The molecule has 0 spiro atoms. The van der Waals surface area contributed by atoms with Gasteiger partial charge in [-0.15, -0.1) is 11.3 Å². The Balaban J connectivity index is 1.66. The Morgan fingerprint density at radius 3 is 3.00 bits per heavy atom. The first kappa shape index (κ1) is 11.1. The van der Waals surface area contributed by atoms with Gasteiger partial charge in [-0.1, -0.05) is 13.0 Å². The Kier molecular flexibility index (Phi) is 4.18. The lowest BCUT2D eigenvalue weighted by Crippen LogP contribution is -2.32. The largest absolute Gasteiger partial charge is 0.313 e. The number of thiophene rings is 1. The fourth-order valence-electron chi connectivity index (χ4n) is 1.69. The Hall–Kier alpha value is -0.380. The molecule has 0 unspecified atom stereocenters. The maximum absolute atomic E-state index is 3.56. The molecular weight excluding hydrogens is 204 g/mol. The average molecular weight is 224 g/mol. The molecule has 0 aliphatic heterocycles. The molecule has 1 aliphatic carbocycles. The number of rotatable bonds is 7. The van der Waals surface area contributed by atoms with Crippen molar-refractivity contribution in [1.29, 1.82) is 0 Å². The normalized spacial score (nSPS) is 16.1. The molecular formula is C12H20N2S. The number of nitrogens with one attached hydrogen (secondary N) is 1. The summed E-state index contributed by atoms with van der Waals surface area (Å²) < 4.78 is 0. The second-order valence-corrected chi connectivity index (χ2v) is 5.21. The van der Waals surface area contributed by atoms with Crippen LogP contribution in [0.5, 0.6) is 0 Å². The highest BCUT2D eigenvalue weighted by Gasteiger charge is 2.19. The lowest BCUT2D eigenvalue weighted by Gasteiger charge is -2.19. The average Bonchev–Trinajstić information content (AvgIpc) is 2.93. The molecule has 0 saturated heterocycles. The number of hydrogen-bond acceptors (Lipinski definition) is 3. The van der Waals surface area contributed by atoms with Crippen molar-refractivity contribution in [3.8, 4) is 0 Å². The summed E-state index contributed by atoms with van der Waals surface area (Å²) >= 11 is 1.86. The zero-order valence-electron chi connectivity index (χ0n) is 9.41. The highest BCUT2D eigenvalue weighted by molar-refractivity contribution is 7.09. The summed E-state index contributed by atoms with van der Waals surface area (Å²) in [7, 11) is 0. The van der Waals surface area contributed by atoms with E-state index < -0.39 is 0 Å². The molecule has 3 heteroatoms. The van der Waals surface area contributed by atoms with Crippen LogP contribution in [0.25, 0.3) is 0 Å². The minimum Gasteiger partial charge on any atom is -0.313 e. The van der Waals surface area contributed by atoms with Crippen LogP contribution < -0.4 is 5.32 Å². The number of likely N-dealkylation sites (N-methyl/N-ethyl adjacent to an activating group) is 1. The first-order chi connectivity index (χ1) is 7.38. The van der Waals surface area contributed by atoms with Crippen LogP contribution in [0.4, 0.5) is 0 Å². The first-order valence-corrected chi connectivity index (χ1v) is 6.74. The fourth-order valence-corrected chi connectivity index (χ4v) is 2.43. The summed E-state index contributed by atoms with van der Waals surface area (Å²) in [6.07, 6.45) is 2.77. The van der Waals surface area contributed by atoms with Crippen LogP contribution in [0.2, 0.25) is 0 Å². The van der Waals surface area contributed by atoms with Gasteiger partial charge in [-0.05, 0) is 30.8 Å². The van der Waals surface area contributed by atoms with E-state index in [4.69, 9.17) is 0 Å². The second kappa shape index (κ2) is 5.64. The van der Waals surface area contributed by atoms with Crippen LogP contribution in [0, 0.1) is 0 Å².